The largest absolute Gasteiger partial charge is 0.433 e. The number of carbonyl (C=O) groups is 3. The van der Waals surface area contributed by atoms with E-state index in [4.69, 9.17) is 10.5 Å². The highest BCUT2D eigenvalue weighted by atomic mass is 16.6. The molecular weight excluding hydrogens is 248 g/mol. The molecule has 2 rings (SSSR count). The van der Waals surface area contributed by atoms with Gasteiger partial charge in [0.2, 0.25) is 5.91 Å². The summed E-state index contributed by atoms with van der Waals surface area (Å²) in [4.78, 5) is 35.5. The molecule has 1 fully saturated rings. The van der Waals surface area contributed by atoms with E-state index in [0.29, 0.717) is 11.1 Å². The molecule has 0 aromatic heterocycles. The average molecular weight is 262 g/mol. The van der Waals surface area contributed by atoms with Crippen molar-refractivity contribution < 1.29 is 19.1 Å². The second-order valence-corrected chi connectivity index (χ2v) is 4.83. The molecule has 0 unspecified atom stereocenters. The Morgan fingerprint density at radius 3 is 2.26 bits per heavy atom. The van der Waals surface area contributed by atoms with Gasteiger partial charge in [0, 0.05) is 5.56 Å². The van der Waals surface area contributed by atoms with E-state index in [-0.39, 0.29) is 12.5 Å². The van der Waals surface area contributed by atoms with Crippen LogP contribution in [0.15, 0.2) is 24.3 Å². The molecule has 6 nitrogen and oxygen atoms in total. The van der Waals surface area contributed by atoms with Gasteiger partial charge < -0.3 is 10.5 Å². The third kappa shape index (κ3) is 2.42. The number of imide groups is 1. The predicted octanol–water partition coefficient (Wildman–Crippen LogP) is 1.04. The molecule has 1 saturated heterocycles. The van der Waals surface area contributed by atoms with Crippen molar-refractivity contribution in [3.05, 3.63) is 35.4 Å². The number of rotatable bonds is 3. The minimum Gasteiger partial charge on any atom is -0.433 e. The fourth-order valence-corrected chi connectivity index (χ4v) is 1.82. The molecule has 0 saturated carbocycles. The van der Waals surface area contributed by atoms with Crippen molar-refractivity contribution in [2.45, 2.75) is 26.0 Å². The number of cyclic esters (lactones) is 1. The van der Waals surface area contributed by atoms with Gasteiger partial charge in [-0.3, -0.25) is 9.59 Å². The molecule has 1 aromatic rings. The maximum atomic E-state index is 11.9. The maximum absolute atomic E-state index is 11.9. The highest BCUT2D eigenvalue weighted by Crippen LogP contribution is 2.25. The Morgan fingerprint density at radius 2 is 1.84 bits per heavy atom. The lowest BCUT2D eigenvalue weighted by atomic mass is 10.1. The summed E-state index contributed by atoms with van der Waals surface area (Å²) in [6.45, 7) is 3.20. The number of hydrogen-bond acceptors (Lipinski definition) is 4. The summed E-state index contributed by atoms with van der Waals surface area (Å²) in [5, 5.41) is 0. The summed E-state index contributed by atoms with van der Waals surface area (Å²) >= 11 is 0. The summed E-state index contributed by atoms with van der Waals surface area (Å²) in [6, 6.07) is 6.39. The van der Waals surface area contributed by atoms with E-state index in [0.717, 1.165) is 4.90 Å². The Balaban J connectivity index is 2.16. The number of nitrogens with zero attached hydrogens (tertiary/aromatic N) is 1. The fraction of sp³-hybridized carbons (Fsp3) is 0.308. The second-order valence-electron chi connectivity index (χ2n) is 4.83. The van der Waals surface area contributed by atoms with E-state index in [1.54, 1.807) is 38.1 Å². The van der Waals surface area contributed by atoms with Crippen LogP contribution in [0.25, 0.3) is 0 Å². The number of nitrogens with two attached hydrogens (primary N) is 1. The van der Waals surface area contributed by atoms with Gasteiger partial charge in [-0.2, -0.15) is 0 Å². The molecule has 1 heterocycles. The maximum Gasteiger partial charge on any atom is 0.418 e. The molecule has 6 heteroatoms. The Bertz CT molecular complexity index is 548. The smallest absolute Gasteiger partial charge is 0.418 e. The lowest BCUT2D eigenvalue weighted by Gasteiger charge is -2.13. The number of hydrogen-bond donors (Lipinski definition) is 1. The van der Waals surface area contributed by atoms with Crippen molar-refractivity contribution >= 4 is 17.9 Å². The van der Waals surface area contributed by atoms with Crippen molar-refractivity contribution in [1.82, 2.24) is 4.90 Å². The van der Waals surface area contributed by atoms with Crippen LogP contribution in [0.4, 0.5) is 4.79 Å². The summed E-state index contributed by atoms with van der Waals surface area (Å²) in [5.41, 5.74) is 5.10. The van der Waals surface area contributed by atoms with Crippen LogP contribution in [-0.4, -0.2) is 28.4 Å². The Labute approximate surface area is 110 Å². The van der Waals surface area contributed by atoms with Crippen LogP contribution in [0.5, 0.6) is 0 Å². The van der Waals surface area contributed by atoms with Gasteiger partial charge in [0.25, 0.3) is 5.91 Å². The zero-order valence-electron chi connectivity index (χ0n) is 10.7. The van der Waals surface area contributed by atoms with Crippen LogP contribution >= 0.6 is 0 Å². The van der Waals surface area contributed by atoms with Crippen molar-refractivity contribution in [2.24, 2.45) is 5.73 Å². The molecule has 100 valence electrons. The highest BCUT2D eigenvalue weighted by molar-refractivity contribution is 6.02. The van der Waals surface area contributed by atoms with Crippen molar-refractivity contribution in [3.63, 3.8) is 0 Å². The minimum atomic E-state index is -1.12. The van der Waals surface area contributed by atoms with E-state index in [1.807, 2.05) is 0 Å². The minimum absolute atomic E-state index is 0.111. The molecule has 0 radical (unpaired) electrons. The van der Waals surface area contributed by atoms with Gasteiger partial charge in [0.05, 0.1) is 6.54 Å². The number of carbonyl (C=O) groups excluding carboxylic acids is 3. The van der Waals surface area contributed by atoms with Crippen LogP contribution < -0.4 is 5.73 Å². The van der Waals surface area contributed by atoms with Crippen LogP contribution in [0.3, 0.4) is 0 Å². The first-order chi connectivity index (χ1) is 8.81. The van der Waals surface area contributed by atoms with Gasteiger partial charge in [-0.25, -0.2) is 9.69 Å². The Morgan fingerprint density at radius 1 is 1.26 bits per heavy atom. The SMILES string of the molecule is CC1(C)OC(=O)N(Cc2ccc(C(N)=O)cc2)C1=O. The number of benzene rings is 1. The first-order valence-corrected chi connectivity index (χ1v) is 5.75. The van der Waals surface area contributed by atoms with Gasteiger partial charge in [0.15, 0.2) is 5.60 Å². The molecule has 0 aliphatic carbocycles. The Hall–Kier alpha value is -2.37. The van der Waals surface area contributed by atoms with E-state index in [2.05, 4.69) is 0 Å². The molecule has 0 bridgehead atoms. The van der Waals surface area contributed by atoms with Crippen molar-refractivity contribution in [3.8, 4) is 0 Å². The average Bonchev–Trinajstić information content (AvgIpc) is 2.52. The van der Waals surface area contributed by atoms with E-state index >= 15 is 0 Å². The van der Waals surface area contributed by atoms with Crippen LogP contribution in [-0.2, 0) is 16.1 Å². The van der Waals surface area contributed by atoms with Gasteiger partial charge in [0.1, 0.15) is 0 Å². The van der Waals surface area contributed by atoms with E-state index in [1.165, 1.54) is 0 Å². The topological polar surface area (TPSA) is 89.7 Å². The molecule has 1 aromatic carbocycles. The Kier molecular flexibility index (Phi) is 3.01. The molecule has 19 heavy (non-hydrogen) atoms. The molecule has 3 amide bonds. The van der Waals surface area contributed by atoms with Crippen LogP contribution in [0, 0.1) is 0 Å². The monoisotopic (exact) mass is 262 g/mol. The fourth-order valence-electron chi connectivity index (χ4n) is 1.82. The van der Waals surface area contributed by atoms with Crippen molar-refractivity contribution in [1.29, 1.82) is 0 Å². The van der Waals surface area contributed by atoms with E-state index in [9.17, 15) is 14.4 Å². The molecule has 0 atom stereocenters. The first kappa shape index (κ1) is 13.1. The summed E-state index contributed by atoms with van der Waals surface area (Å²) in [5.74, 6) is -0.902. The van der Waals surface area contributed by atoms with Crippen LogP contribution in [0.2, 0.25) is 0 Å². The summed E-state index contributed by atoms with van der Waals surface area (Å²) < 4.78 is 4.97. The van der Waals surface area contributed by atoms with Gasteiger partial charge in [-0.05, 0) is 31.5 Å². The predicted molar refractivity (Wildman–Crippen MR) is 66.1 cm³/mol. The number of amides is 3. The summed E-state index contributed by atoms with van der Waals surface area (Å²) in [7, 11) is 0. The summed E-state index contributed by atoms with van der Waals surface area (Å²) in [6.07, 6.45) is -0.658. The van der Waals surface area contributed by atoms with E-state index < -0.39 is 17.6 Å². The van der Waals surface area contributed by atoms with Crippen LogP contribution in [0.1, 0.15) is 29.8 Å². The quantitative estimate of drug-likeness (QED) is 0.881. The molecule has 0 spiro atoms. The first-order valence-electron chi connectivity index (χ1n) is 5.75. The molecular formula is C13H14N2O4. The number of ether oxygens (including phenoxy) is 1. The standard InChI is InChI=1S/C13H14N2O4/c1-13(2)11(17)15(12(18)19-13)7-8-3-5-9(6-4-8)10(14)16/h3-6H,7H2,1-2H3,(H2,14,16). The highest BCUT2D eigenvalue weighted by Gasteiger charge is 2.46. The van der Waals surface area contributed by atoms with Crippen molar-refractivity contribution in [2.75, 3.05) is 0 Å². The zero-order chi connectivity index (χ0) is 14.2. The molecule has 1 aliphatic heterocycles. The lowest BCUT2D eigenvalue weighted by molar-refractivity contribution is -0.134. The third-order valence-corrected chi connectivity index (χ3v) is 2.90. The lowest BCUT2D eigenvalue weighted by Crippen LogP contribution is -2.35. The third-order valence-electron chi connectivity index (χ3n) is 2.90. The second kappa shape index (κ2) is 4.38. The zero-order valence-corrected chi connectivity index (χ0v) is 10.7. The van der Waals surface area contributed by atoms with Gasteiger partial charge in [-0.15, -0.1) is 0 Å². The van der Waals surface area contributed by atoms with Gasteiger partial charge >= 0.3 is 6.09 Å². The normalized spacial score (nSPS) is 17.5. The van der Waals surface area contributed by atoms with Gasteiger partial charge in [-0.1, -0.05) is 12.1 Å². The number of primary amides is 1. The molecule has 1 aliphatic rings. The molecule has 2 N–H and O–H groups in total.